The van der Waals surface area contributed by atoms with Gasteiger partial charge in [0.15, 0.2) is 0 Å². The summed E-state index contributed by atoms with van der Waals surface area (Å²) in [6, 6.07) is 0. The molecular formula is C13H28N2O2. The van der Waals surface area contributed by atoms with Crippen LogP contribution in [0, 0.1) is 5.92 Å². The average Bonchev–Trinajstić information content (AvgIpc) is 2.71. The van der Waals surface area contributed by atoms with Gasteiger partial charge in [-0.2, -0.15) is 0 Å². The van der Waals surface area contributed by atoms with Gasteiger partial charge in [0, 0.05) is 19.7 Å². The van der Waals surface area contributed by atoms with Gasteiger partial charge in [0.25, 0.3) is 0 Å². The maximum Gasteiger partial charge on any atom is 0.0897 e. The van der Waals surface area contributed by atoms with E-state index in [0.717, 1.165) is 31.9 Å². The van der Waals surface area contributed by atoms with Gasteiger partial charge < -0.3 is 20.1 Å². The van der Waals surface area contributed by atoms with Crippen LogP contribution >= 0.6 is 0 Å². The van der Waals surface area contributed by atoms with Gasteiger partial charge in [-0.05, 0) is 38.9 Å². The maximum absolute atomic E-state index is 9.68. The lowest BCUT2D eigenvalue weighted by Gasteiger charge is -2.15. The number of nitrogens with one attached hydrogen (secondary N) is 1. The van der Waals surface area contributed by atoms with Crippen LogP contribution in [0.2, 0.25) is 0 Å². The van der Waals surface area contributed by atoms with Crippen molar-refractivity contribution < 1.29 is 9.84 Å². The third-order valence-corrected chi connectivity index (χ3v) is 3.25. The molecule has 1 saturated heterocycles. The fraction of sp³-hybridized carbons (Fsp3) is 1.00. The summed E-state index contributed by atoms with van der Waals surface area (Å²) >= 11 is 0. The van der Waals surface area contributed by atoms with Gasteiger partial charge in [-0.3, -0.25) is 0 Å². The number of likely N-dealkylation sites (tertiary alicyclic amines) is 1. The zero-order valence-electron chi connectivity index (χ0n) is 11.3. The zero-order valence-corrected chi connectivity index (χ0v) is 11.3. The number of hydrogen-bond acceptors (Lipinski definition) is 4. The standard InChI is InChI=1S/C13H28N2O2/c1-3-4-7-17-11-13(16)9-14-8-12-5-6-15(2)10-12/h12-14,16H,3-11H2,1-2H3. The Labute approximate surface area is 105 Å². The number of ether oxygens (including phenoxy) is 1. The van der Waals surface area contributed by atoms with E-state index < -0.39 is 0 Å². The molecule has 0 radical (unpaired) electrons. The quantitative estimate of drug-likeness (QED) is 0.586. The molecule has 1 aliphatic heterocycles. The molecule has 1 fully saturated rings. The molecule has 0 aliphatic carbocycles. The second-order valence-electron chi connectivity index (χ2n) is 5.16. The smallest absolute Gasteiger partial charge is 0.0897 e. The van der Waals surface area contributed by atoms with Crippen molar-refractivity contribution in [1.82, 2.24) is 10.2 Å². The molecule has 0 bridgehead atoms. The van der Waals surface area contributed by atoms with Crippen LogP contribution in [0.1, 0.15) is 26.2 Å². The van der Waals surface area contributed by atoms with E-state index in [1.165, 1.54) is 19.5 Å². The van der Waals surface area contributed by atoms with E-state index >= 15 is 0 Å². The van der Waals surface area contributed by atoms with E-state index in [4.69, 9.17) is 4.74 Å². The molecule has 1 rings (SSSR count). The monoisotopic (exact) mass is 244 g/mol. The van der Waals surface area contributed by atoms with E-state index in [0.29, 0.717) is 13.2 Å². The van der Waals surface area contributed by atoms with E-state index in [9.17, 15) is 5.11 Å². The van der Waals surface area contributed by atoms with E-state index in [2.05, 4.69) is 24.2 Å². The highest BCUT2D eigenvalue weighted by Gasteiger charge is 2.18. The summed E-state index contributed by atoms with van der Waals surface area (Å²) in [5.41, 5.74) is 0. The number of aliphatic hydroxyl groups excluding tert-OH is 1. The van der Waals surface area contributed by atoms with Crippen molar-refractivity contribution in [2.24, 2.45) is 5.92 Å². The highest BCUT2D eigenvalue weighted by atomic mass is 16.5. The van der Waals surface area contributed by atoms with Crippen LogP contribution in [0.25, 0.3) is 0 Å². The normalized spacial score (nSPS) is 23.1. The molecule has 0 amide bonds. The third kappa shape index (κ3) is 6.99. The molecule has 0 aromatic heterocycles. The number of rotatable bonds is 9. The van der Waals surface area contributed by atoms with Crippen molar-refractivity contribution in [2.75, 3.05) is 46.4 Å². The molecule has 4 nitrogen and oxygen atoms in total. The Morgan fingerprint density at radius 2 is 2.35 bits per heavy atom. The first-order valence-electron chi connectivity index (χ1n) is 6.87. The Hall–Kier alpha value is -0.160. The predicted octanol–water partition coefficient (Wildman–Crippen LogP) is 0.705. The van der Waals surface area contributed by atoms with Crippen LogP contribution in [0.4, 0.5) is 0 Å². The molecule has 2 unspecified atom stereocenters. The number of nitrogens with zero attached hydrogens (tertiary/aromatic N) is 1. The van der Waals surface area contributed by atoms with Gasteiger partial charge in [0.1, 0.15) is 0 Å². The predicted molar refractivity (Wildman–Crippen MR) is 70.2 cm³/mol. The maximum atomic E-state index is 9.68. The Morgan fingerprint density at radius 1 is 1.53 bits per heavy atom. The molecular weight excluding hydrogens is 216 g/mol. The summed E-state index contributed by atoms with van der Waals surface area (Å²) in [6.07, 6.45) is 3.12. The zero-order chi connectivity index (χ0) is 12.5. The topological polar surface area (TPSA) is 44.7 Å². The van der Waals surface area contributed by atoms with E-state index in [1.807, 2.05) is 0 Å². The first-order chi connectivity index (χ1) is 8.22. The van der Waals surface area contributed by atoms with E-state index in [1.54, 1.807) is 0 Å². The van der Waals surface area contributed by atoms with Gasteiger partial charge in [-0.25, -0.2) is 0 Å². The van der Waals surface area contributed by atoms with Crippen molar-refractivity contribution in [1.29, 1.82) is 0 Å². The second kappa shape index (κ2) is 8.86. The summed E-state index contributed by atoms with van der Waals surface area (Å²) in [5, 5.41) is 13.0. The molecule has 1 heterocycles. The van der Waals surface area contributed by atoms with Crippen LogP contribution in [0.5, 0.6) is 0 Å². The molecule has 0 spiro atoms. The minimum atomic E-state index is -0.369. The molecule has 0 aromatic rings. The van der Waals surface area contributed by atoms with Crippen LogP contribution in [0.15, 0.2) is 0 Å². The highest BCUT2D eigenvalue weighted by Crippen LogP contribution is 2.12. The van der Waals surface area contributed by atoms with Gasteiger partial charge in [-0.15, -0.1) is 0 Å². The molecule has 17 heavy (non-hydrogen) atoms. The molecule has 2 N–H and O–H groups in total. The Bertz CT molecular complexity index is 190. The van der Waals surface area contributed by atoms with Crippen LogP contribution in [0.3, 0.4) is 0 Å². The summed E-state index contributed by atoms with van der Waals surface area (Å²) < 4.78 is 5.38. The first kappa shape index (κ1) is 14.9. The number of hydrogen-bond donors (Lipinski definition) is 2. The molecule has 0 saturated carbocycles. The lowest BCUT2D eigenvalue weighted by atomic mass is 10.1. The van der Waals surface area contributed by atoms with Gasteiger partial charge >= 0.3 is 0 Å². The molecule has 2 atom stereocenters. The first-order valence-corrected chi connectivity index (χ1v) is 6.87. The fourth-order valence-corrected chi connectivity index (χ4v) is 2.17. The molecule has 0 aromatic carbocycles. The lowest BCUT2D eigenvalue weighted by Crippen LogP contribution is -2.34. The van der Waals surface area contributed by atoms with Crippen LogP contribution < -0.4 is 5.32 Å². The highest BCUT2D eigenvalue weighted by molar-refractivity contribution is 4.75. The Kier molecular flexibility index (Phi) is 7.77. The molecule has 1 aliphatic rings. The molecule has 102 valence electrons. The lowest BCUT2D eigenvalue weighted by molar-refractivity contribution is 0.0356. The minimum Gasteiger partial charge on any atom is -0.389 e. The molecule has 4 heteroatoms. The number of unbranched alkanes of at least 4 members (excludes halogenated alkanes) is 1. The summed E-state index contributed by atoms with van der Waals surface area (Å²) in [7, 11) is 2.16. The Morgan fingerprint density at radius 3 is 3.00 bits per heavy atom. The van der Waals surface area contributed by atoms with Crippen molar-refractivity contribution >= 4 is 0 Å². The van der Waals surface area contributed by atoms with Crippen molar-refractivity contribution in [2.45, 2.75) is 32.3 Å². The largest absolute Gasteiger partial charge is 0.389 e. The van der Waals surface area contributed by atoms with E-state index in [-0.39, 0.29) is 6.10 Å². The average molecular weight is 244 g/mol. The second-order valence-corrected chi connectivity index (χ2v) is 5.16. The summed E-state index contributed by atoms with van der Waals surface area (Å²) in [5.74, 6) is 0.744. The van der Waals surface area contributed by atoms with Gasteiger partial charge in [-0.1, -0.05) is 13.3 Å². The SMILES string of the molecule is CCCCOCC(O)CNCC1CCN(C)C1. The van der Waals surface area contributed by atoms with Crippen molar-refractivity contribution in [3.8, 4) is 0 Å². The number of aliphatic hydroxyl groups is 1. The minimum absolute atomic E-state index is 0.369. The van der Waals surface area contributed by atoms with Gasteiger partial charge in [0.05, 0.1) is 12.7 Å². The van der Waals surface area contributed by atoms with Crippen molar-refractivity contribution in [3.63, 3.8) is 0 Å². The van der Waals surface area contributed by atoms with Crippen LogP contribution in [-0.2, 0) is 4.74 Å². The summed E-state index contributed by atoms with van der Waals surface area (Å²) in [4.78, 5) is 2.36. The Balaban J connectivity index is 1.91. The third-order valence-electron chi connectivity index (χ3n) is 3.25. The van der Waals surface area contributed by atoms with Crippen molar-refractivity contribution in [3.05, 3.63) is 0 Å². The van der Waals surface area contributed by atoms with Crippen LogP contribution in [-0.4, -0.2) is 62.6 Å². The van der Waals surface area contributed by atoms with Gasteiger partial charge in [0.2, 0.25) is 0 Å². The fourth-order valence-electron chi connectivity index (χ4n) is 2.17. The summed E-state index contributed by atoms with van der Waals surface area (Å²) in [6.45, 7) is 7.40.